The zero-order chi connectivity index (χ0) is 25.8. The number of fused-ring (bicyclic) bond motifs is 1. The van der Waals surface area contributed by atoms with Crippen molar-refractivity contribution in [3.05, 3.63) is 71.9 Å². The Morgan fingerprint density at radius 2 is 1.65 bits per heavy atom. The molecule has 1 N–H and O–H groups in total. The first-order valence-electron chi connectivity index (χ1n) is 14.3. The second kappa shape index (κ2) is 11.4. The molecule has 5 heteroatoms. The lowest BCUT2D eigenvalue weighted by Gasteiger charge is -2.48. The maximum Gasteiger partial charge on any atom is 0.222 e. The molecule has 37 heavy (non-hydrogen) atoms. The highest BCUT2D eigenvalue weighted by molar-refractivity contribution is 5.85. The summed E-state index contributed by atoms with van der Waals surface area (Å²) in [5, 5.41) is 1.24. The normalized spacial score (nSPS) is 19.5. The van der Waals surface area contributed by atoms with E-state index in [2.05, 4.69) is 89.4 Å². The summed E-state index contributed by atoms with van der Waals surface area (Å²) in [6.07, 6.45) is 7.65. The quantitative estimate of drug-likeness (QED) is 0.401. The number of likely N-dealkylation sites (N-methyl/N-ethyl adjacent to an activating group) is 1. The fourth-order valence-corrected chi connectivity index (χ4v) is 6.69. The molecule has 0 bridgehead atoms. The van der Waals surface area contributed by atoms with Crippen LogP contribution in [-0.2, 0) is 10.3 Å². The van der Waals surface area contributed by atoms with E-state index in [0.29, 0.717) is 12.3 Å². The largest absolute Gasteiger partial charge is 0.361 e. The summed E-state index contributed by atoms with van der Waals surface area (Å²) >= 11 is 0. The highest BCUT2D eigenvalue weighted by atomic mass is 16.2. The molecule has 0 radical (unpaired) electrons. The minimum absolute atomic E-state index is 0.180. The van der Waals surface area contributed by atoms with Crippen LogP contribution in [0.4, 0.5) is 0 Å². The number of carbonyl (C=O) groups excluding carboxylic acids is 1. The van der Waals surface area contributed by atoms with Gasteiger partial charge in [0.05, 0.1) is 0 Å². The topological polar surface area (TPSA) is 42.6 Å². The number of piperidine rings is 1. The fraction of sp³-hybridized carbons (Fsp3) is 0.531. The first-order chi connectivity index (χ1) is 18.0. The van der Waals surface area contributed by atoms with Crippen LogP contribution < -0.4 is 0 Å². The van der Waals surface area contributed by atoms with Crippen molar-refractivity contribution in [1.82, 2.24) is 19.7 Å². The lowest BCUT2D eigenvalue weighted by atomic mass is 9.79. The van der Waals surface area contributed by atoms with Gasteiger partial charge < -0.3 is 14.8 Å². The van der Waals surface area contributed by atoms with Gasteiger partial charge in [0.2, 0.25) is 5.91 Å². The fourth-order valence-electron chi connectivity index (χ4n) is 6.69. The molecule has 2 aliphatic heterocycles. The third-order valence-corrected chi connectivity index (χ3v) is 9.10. The maximum atomic E-state index is 13.3. The minimum atomic E-state index is 0.180. The third kappa shape index (κ3) is 5.49. The Morgan fingerprint density at radius 1 is 0.973 bits per heavy atom. The summed E-state index contributed by atoms with van der Waals surface area (Å²) in [7, 11) is 1.98. The number of aromatic amines is 1. The predicted octanol–water partition coefficient (Wildman–Crippen LogP) is 5.84. The molecule has 0 spiro atoms. The van der Waals surface area contributed by atoms with Crippen LogP contribution >= 0.6 is 0 Å². The van der Waals surface area contributed by atoms with E-state index in [1.807, 2.05) is 11.9 Å². The second-order valence-corrected chi connectivity index (χ2v) is 11.6. The van der Waals surface area contributed by atoms with Crippen LogP contribution in [-0.4, -0.2) is 71.9 Å². The smallest absolute Gasteiger partial charge is 0.222 e. The number of hydrogen-bond acceptors (Lipinski definition) is 3. The van der Waals surface area contributed by atoms with Crippen molar-refractivity contribution in [2.45, 2.75) is 57.4 Å². The first kappa shape index (κ1) is 26.0. The lowest BCUT2D eigenvalue weighted by molar-refractivity contribution is -0.130. The minimum Gasteiger partial charge on any atom is -0.361 e. The summed E-state index contributed by atoms with van der Waals surface area (Å²) in [5.41, 5.74) is 4.08. The molecule has 1 amide bonds. The van der Waals surface area contributed by atoms with E-state index in [0.717, 1.165) is 31.7 Å². The van der Waals surface area contributed by atoms with Crippen molar-refractivity contribution < 1.29 is 4.79 Å². The second-order valence-electron chi connectivity index (χ2n) is 11.6. The third-order valence-electron chi connectivity index (χ3n) is 9.10. The Hall–Kier alpha value is -2.63. The van der Waals surface area contributed by atoms with Crippen molar-refractivity contribution >= 4 is 16.8 Å². The van der Waals surface area contributed by atoms with Gasteiger partial charge in [-0.25, -0.2) is 0 Å². The van der Waals surface area contributed by atoms with Crippen LogP contribution in [0.15, 0.2) is 60.8 Å². The Labute approximate surface area is 222 Å². The first-order valence-corrected chi connectivity index (χ1v) is 14.3. The van der Waals surface area contributed by atoms with E-state index in [1.54, 1.807) is 0 Å². The molecule has 3 aromatic rings. The molecule has 1 unspecified atom stereocenters. The van der Waals surface area contributed by atoms with Gasteiger partial charge in [0.1, 0.15) is 0 Å². The summed E-state index contributed by atoms with van der Waals surface area (Å²) in [6.45, 7) is 10.8. The van der Waals surface area contributed by atoms with Crippen molar-refractivity contribution in [1.29, 1.82) is 0 Å². The number of nitrogens with zero attached hydrogens (tertiary/aromatic N) is 3. The molecule has 2 aromatic carbocycles. The molecular formula is C32H44N4O. The van der Waals surface area contributed by atoms with Crippen LogP contribution in [0.2, 0.25) is 0 Å². The van der Waals surface area contributed by atoms with E-state index in [-0.39, 0.29) is 17.4 Å². The molecular weight excluding hydrogens is 456 g/mol. The molecule has 0 saturated carbocycles. The van der Waals surface area contributed by atoms with Gasteiger partial charge in [-0.15, -0.1) is 0 Å². The Bertz CT molecular complexity index is 1160. The number of likely N-dealkylation sites (tertiary alicyclic amines) is 2. The molecule has 2 saturated heterocycles. The maximum absolute atomic E-state index is 13.3. The number of benzene rings is 2. The number of hydrogen-bond donors (Lipinski definition) is 1. The molecule has 3 heterocycles. The van der Waals surface area contributed by atoms with Crippen molar-refractivity contribution in [3.63, 3.8) is 0 Å². The van der Waals surface area contributed by atoms with Gasteiger partial charge >= 0.3 is 0 Å². The van der Waals surface area contributed by atoms with Crippen LogP contribution in [0.1, 0.15) is 63.0 Å². The highest BCUT2D eigenvalue weighted by Crippen LogP contribution is 2.41. The molecule has 2 aliphatic rings. The van der Waals surface area contributed by atoms with Crippen molar-refractivity contribution in [2.75, 3.05) is 46.3 Å². The van der Waals surface area contributed by atoms with E-state index in [9.17, 15) is 4.79 Å². The van der Waals surface area contributed by atoms with Gasteiger partial charge in [-0.2, -0.15) is 0 Å². The SMILES string of the molecule is CC(C)C(CC(=O)N(C)CCN1CCC(c2ccccc2)(N2CCCC2)CC1)c1c[nH]c2ccccc12. The van der Waals surface area contributed by atoms with Crippen LogP contribution in [0.25, 0.3) is 10.9 Å². The zero-order valence-corrected chi connectivity index (χ0v) is 23.0. The van der Waals surface area contributed by atoms with Gasteiger partial charge in [-0.1, -0.05) is 62.4 Å². The van der Waals surface area contributed by atoms with E-state index >= 15 is 0 Å². The van der Waals surface area contributed by atoms with Crippen LogP contribution in [0, 0.1) is 5.92 Å². The zero-order valence-electron chi connectivity index (χ0n) is 23.0. The van der Waals surface area contributed by atoms with Gasteiger partial charge in [-0.3, -0.25) is 9.69 Å². The van der Waals surface area contributed by atoms with E-state index in [4.69, 9.17) is 0 Å². The number of para-hydroxylation sites is 1. The van der Waals surface area contributed by atoms with Crippen molar-refractivity contribution in [3.8, 4) is 0 Å². The monoisotopic (exact) mass is 500 g/mol. The molecule has 2 fully saturated rings. The van der Waals surface area contributed by atoms with Gasteiger partial charge in [-0.05, 0) is 67.8 Å². The summed E-state index contributed by atoms with van der Waals surface area (Å²) in [6, 6.07) is 19.6. The van der Waals surface area contributed by atoms with Gasteiger partial charge in [0.15, 0.2) is 0 Å². The van der Waals surface area contributed by atoms with Crippen LogP contribution in [0.5, 0.6) is 0 Å². The number of H-pyrrole nitrogens is 1. The lowest BCUT2D eigenvalue weighted by Crippen LogP contribution is -2.53. The van der Waals surface area contributed by atoms with Crippen molar-refractivity contribution in [2.24, 2.45) is 5.92 Å². The number of nitrogens with one attached hydrogen (secondary N) is 1. The Morgan fingerprint density at radius 3 is 2.35 bits per heavy atom. The number of amides is 1. The predicted molar refractivity (Wildman–Crippen MR) is 153 cm³/mol. The Kier molecular flexibility index (Phi) is 8.01. The Balaban J connectivity index is 1.17. The summed E-state index contributed by atoms with van der Waals surface area (Å²) in [5.74, 6) is 0.861. The average molecular weight is 501 g/mol. The summed E-state index contributed by atoms with van der Waals surface area (Å²) in [4.78, 5) is 24.0. The van der Waals surface area contributed by atoms with Gasteiger partial charge in [0, 0.05) is 62.3 Å². The molecule has 5 rings (SSSR count). The van der Waals surface area contributed by atoms with Gasteiger partial charge in [0.25, 0.3) is 0 Å². The molecule has 1 aromatic heterocycles. The number of aromatic nitrogens is 1. The standard InChI is InChI=1S/C32H44N4O/c1-25(2)28(29-24-33-30-14-8-7-13-27(29)30)23-31(37)34(3)21-22-35-19-15-32(16-20-35,36-17-9-10-18-36)26-11-5-4-6-12-26/h4-8,11-14,24-25,28,33H,9-10,15-23H2,1-3H3. The molecule has 198 valence electrons. The van der Waals surface area contributed by atoms with E-state index < -0.39 is 0 Å². The molecule has 1 atom stereocenters. The number of rotatable bonds is 9. The highest BCUT2D eigenvalue weighted by Gasteiger charge is 2.42. The molecule has 0 aliphatic carbocycles. The summed E-state index contributed by atoms with van der Waals surface area (Å²) < 4.78 is 0. The van der Waals surface area contributed by atoms with E-state index in [1.165, 1.54) is 55.3 Å². The molecule has 5 nitrogen and oxygen atoms in total. The van der Waals surface area contributed by atoms with Crippen LogP contribution in [0.3, 0.4) is 0 Å². The number of carbonyl (C=O) groups is 1. The average Bonchev–Trinajstić information content (AvgIpc) is 3.62.